The number of aromatic amines is 1. The van der Waals surface area contributed by atoms with Crippen LogP contribution in [0, 0.1) is 5.82 Å². The van der Waals surface area contributed by atoms with Gasteiger partial charge in [-0.1, -0.05) is 15.9 Å². The maximum absolute atomic E-state index is 13.1. The second-order valence-corrected chi connectivity index (χ2v) is 7.01. The lowest BCUT2D eigenvalue weighted by molar-refractivity contribution is 0.373. The molecule has 0 atom stereocenters. The number of phenols is 1. The first-order valence-electron chi connectivity index (χ1n) is 8.40. The van der Waals surface area contributed by atoms with Crippen molar-refractivity contribution in [3.05, 3.63) is 70.5 Å². The zero-order chi connectivity index (χ0) is 19.7. The summed E-state index contributed by atoms with van der Waals surface area (Å²) >= 11 is 3.39. The van der Waals surface area contributed by atoms with E-state index in [-0.39, 0.29) is 11.6 Å². The van der Waals surface area contributed by atoms with Crippen LogP contribution in [0.5, 0.6) is 11.5 Å². The van der Waals surface area contributed by atoms with Gasteiger partial charge in [-0.05, 0) is 54.6 Å². The van der Waals surface area contributed by atoms with Crippen LogP contribution >= 0.6 is 15.9 Å². The van der Waals surface area contributed by atoms with Crippen LogP contribution in [0.2, 0.25) is 0 Å². The highest BCUT2D eigenvalue weighted by Crippen LogP contribution is 2.33. The molecule has 7 heteroatoms. The molecule has 1 heterocycles. The van der Waals surface area contributed by atoms with Crippen LogP contribution in [0.4, 0.5) is 10.1 Å². The number of rotatable bonds is 4. The fourth-order valence-corrected chi connectivity index (χ4v) is 3.27. The lowest BCUT2D eigenvalue weighted by atomic mass is 10.2. The molecule has 0 aliphatic carbocycles. The molecule has 0 spiro atoms. The molecule has 0 radical (unpaired) electrons. The molecule has 0 saturated heterocycles. The molecule has 1 aromatic heterocycles. The zero-order valence-corrected chi connectivity index (χ0v) is 16.4. The Balaban J connectivity index is 1.66. The Morgan fingerprint density at radius 1 is 1.14 bits per heavy atom. The van der Waals surface area contributed by atoms with Gasteiger partial charge in [-0.15, -0.1) is 0 Å². The number of aliphatic imine (C=N–C) groups is 1. The Morgan fingerprint density at radius 3 is 2.68 bits per heavy atom. The van der Waals surface area contributed by atoms with E-state index in [0.29, 0.717) is 22.8 Å². The van der Waals surface area contributed by atoms with E-state index in [0.717, 1.165) is 21.1 Å². The standard InChI is InChI=1S/C21H15BrFN3O2/c1-28-19-9-14(22)8-13(20(19)27)11-24-16-6-7-17-18(10-16)26-21(25-17)12-2-4-15(23)5-3-12/h2-11,27H,1H3,(H,25,26). The van der Waals surface area contributed by atoms with E-state index >= 15 is 0 Å². The van der Waals surface area contributed by atoms with E-state index in [1.807, 2.05) is 18.2 Å². The number of fused-ring (bicyclic) bond motifs is 1. The van der Waals surface area contributed by atoms with Crippen LogP contribution in [0.25, 0.3) is 22.4 Å². The number of halogens is 2. The van der Waals surface area contributed by atoms with Gasteiger partial charge in [0.1, 0.15) is 11.6 Å². The summed E-state index contributed by atoms with van der Waals surface area (Å²) in [6.45, 7) is 0. The molecule has 0 aliphatic rings. The number of phenolic OH excluding ortho intramolecular Hbond substituents is 1. The molecule has 0 saturated carbocycles. The van der Waals surface area contributed by atoms with E-state index in [9.17, 15) is 9.50 Å². The minimum absolute atomic E-state index is 0.0238. The average Bonchev–Trinajstić information content (AvgIpc) is 3.12. The van der Waals surface area contributed by atoms with Gasteiger partial charge in [0.2, 0.25) is 0 Å². The fourth-order valence-electron chi connectivity index (χ4n) is 2.81. The molecule has 28 heavy (non-hydrogen) atoms. The summed E-state index contributed by atoms with van der Waals surface area (Å²) in [6.07, 6.45) is 1.57. The Morgan fingerprint density at radius 2 is 1.93 bits per heavy atom. The third-order valence-corrected chi connectivity index (χ3v) is 4.68. The maximum atomic E-state index is 13.1. The van der Waals surface area contributed by atoms with Crippen LogP contribution in [0.1, 0.15) is 5.56 Å². The fraction of sp³-hybridized carbons (Fsp3) is 0.0476. The summed E-state index contributed by atoms with van der Waals surface area (Å²) in [6, 6.07) is 15.1. The first kappa shape index (κ1) is 18.2. The zero-order valence-electron chi connectivity index (χ0n) is 14.8. The van der Waals surface area contributed by atoms with Gasteiger partial charge in [-0.2, -0.15) is 0 Å². The number of benzene rings is 3. The summed E-state index contributed by atoms with van der Waals surface area (Å²) in [5.74, 6) is 0.758. The minimum atomic E-state index is -0.288. The molecule has 140 valence electrons. The second-order valence-electron chi connectivity index (χ2n) is 6.10. The topological polar surface area (TPSA) is 70.5 Å². The number of imidazole rings is 1. The van der Waals surface area contributed by atoms with Crippen LogP contribution in [-0.2, 0) is 0 Å². The smallest absolute Gasteiger partial charge is 0.166 e. The third kappa shape index (κ3) is 3.61. The molecule has 0 bridgehead atoms. The summed E-state index contributed by atoms with van der Waals surface area (Å²) in [7, 11) is 1.49. The second kappa shape index (κ2) is 7.44. The van der Waals surface area contributed by atoms with E-state index < -0.39 is 0 Å². The quantitative estimate of drug-likeness (QED) is 0.406. The van der Waals surface area contributed by atoms with Gasteiger partial charge in [-0.25, -0.2) is 9.37 Å². The van der Waals surface area contributed by atoms with Crippen molar-refractivity contribution in [2.45, 2.75) is 0 Å². The molecule has 5 nitrogen and oxygen atoms in total. The van der Waals surface area contributed by atoms with Gasteiger partial charge >= 0.3 is 0 Å². The van der Waals surface area contributed by atoms with Crippen molar-refractivity contribution in [1.29, 1.82) is 0 Å². The minimum Gasteiger partial charge on any atom is -0.504 e. The highest BCUT2D eigenvalue weighted by molar-refractivity contribution is 9.10. The number of ether oxygens (including phenoxy) is 1. The molecular formula is C21H15BrFN3O2. The van der Waals surface area contributed by atoms with E-state index in [4.69, 9.17) is 4.74 Å². The first-order chi connectivity index (χ1) is 13.5. The highest BCUT2D eigenvalue weighted by Gasteiger charge is 2.09. The maximum Gasteiger partial charge on any atom is 0.166 e. The first-order valence-corrected chi connectivity index (χ1v) is 9.19. The Kier molecular flexibility index (Phi) is 4.83. The third-order valence-electron chi connectivity index (χ3n) is 4.22. The summed E-state index contributed by atoms with van der Waals surface area (Å²) < 4.78 is 19.0. The number of H-pyrrole nitrogens is 1. The van der Waals surface area contributed by atoms with Crippen molar-refractivity contribution in [2.75, 3.05) is 7.11 Å². The molecule has 4 rings (SSSR count). The summed E-state index contributed by atoms with van der Waals surface area (Å²) in [4.78, 5) is 12.2. The number of hydrogen-bond acceptors (Lipinski definition) is 4. The largest absolute Gasteiger partial charge is 0.504 e. The monoisotopic (exact) mass is 439 g/mol. The predicted octanol–water partition coefficient (Wildman–Crippen LogP) is 5.60. The SMILES string of the molecule is COc1cc(Br)cc(C=Nc2ccc3nc(-c4ccc(F)cc4)[nH]c3c2)c1O. The van der Waals surface area contributed by atoms with Crippen LogP contribution in [-0.4, -0.2) is 28.4 Å². The van der Waals surface area contributed by atoms with E-state index in [1.165, 1.54) is 19.2 Å². The molecule has 2 N–H and O–H groups in total. The molecule has 0 aliphatic heterocycles. The van der Waals surface area contributed by atoms with Crippen LogP contribution < -0.4 is 4.74 Å². The Labute approximate surface area is 168 Å². The van der Waals surface area contributed by atoms with Crippen LogP contribution in [0.3, 0.4) is 0 Å². The number of aromatic hydroxyl groups is 1. The van der Waals surface area contributed by atoms with Gasteiger partial charge < -0.3 is 14.8 Å². The van der Waals surface area contributed by atoms with Gasteiger partial charge in [0.05, 0.1) is 23.8 Å². The summed E-state index contributed by atoms with van der Waals surface area (Å²) in [5.41, 5.74) is 3.62. The van der Waals surface area contributed by atoms with E-state index in [1.54, 1.807) is 30.5 Å². The van der Waals surface area contributed by atoms with Crippen molar-refractivity contribution in [1.82, 2.24) is 9.97 Å². The molecular weight excluding hydrogens is 425 g/mol. The molecule has 3 aromatic carbocycles. The summed E-state index contributed by atoms with van der Waals surface area (Å²) in [5, 5.41) is 10.2. The van der Waals surface area contributed by atoms with Gasteiger partial charge in [-0.3, -0.25) is 4.99 Å². The normalized spacial score (nSPS) is 11.4. The lowest BCUT2D eigenvalue weighted by Gasteiger charge is -2.06. The number of nitrogens with zero attached hydrogens (tertiary/aromatic N) is 2. The number of nitrogens with one attached hydrogen (secondary N) is 1. The Hall–Kier alpha value is -3.19. The van der Waals surface area contributed by atoms with Crippen molar-refractivity contribution < 1.29 is 14.2 Å². The van der Waals surface area contributed by atoms with Crippen molar-refractivity contribution >= 4 is 38.9 Å². The van der Waals surface area contributed by atoms with Crippen molar-refractivity contribution in [3.8, 4) is 22.9 Å². The average molecular weight is 440 g/mol. The number of aromatic nitrogens is 2. The molecule has 0 fully saturated rings. The van der Waals surface area contributed by atoms with Crippen molar-refractivity contribution in [3.63, 3.8) is 0 Å². The predicted molar refractivity (Wildman–Crippen MR) is 111 cm³/mol. The lowest BCUT2D eigenvalue weighted by Crippen LogP contribution is -1.89. The highest BCUT2D eigenvalue weighted by atomic mass is 79.9. The Bertz CT molecular complexity index is 1190. The molecule has 0 unspecified atom stereocenters. The number of methoxy groups -OCH3 is 1. The number of hydrogen-bond donors (Lipinski definition) is 2. The van der Waals surface area contributed by atoms with Crippen LogP contribution in [0.15, 0.2) is 64.1 Å². The molecule has 0 amide bonds. The van der Waals surface area contributed by atoms with Gasteiger partial charge in [0.25, 0.3) is 0 Å². The van der Waals surface area contributed by atoms with Gasteiger partial charge in [0.15, 0.2) is 11.5 Å². The van der Waals surface area contributed by atoms with E-state index in [2.05, 4.69) is 30.9 Å². The molecule has 4 aromatic rings. The van der Waals surface area contributed by atoms with Crippen molar-refractivity contribution in [2.24, 2.45) is 4.99 Å². The van der Waals surface area contributed by atoms with Gasteiger partial charge in [0, 0.05) is 21.8 Å².